The van der Waals surface area contributed by atoms with Crippen LogP contribution < -0.4 is 4.72 Å². The molecule has 2 rings (SSSR count). The highest BCUT2D eigenvalue weighted by Gasteiger charge is 2.14. The number of nitrogens with zero attached hydrogens (tertiary/aromatic N) is 2. The molecule has 0 amide bonds. The summed E-state index contributed by atoms with van der Waals surface area (Å²) in [6, 6.07) is 10.2. The number of nitrogens with one attached hydrogen (secondary N) is 1. The van der Waals surface area contributed by atoms with Gasteiger partial charge in [-0.05, 0) is 41.8 Å². The lowest BCUT2D eigenvalue weighted by Crippen LogP contribution is -2.23. The molecule has 2 aromatic rings. The van der Waals surface area contributed by atoms with E-state index in [-0.39, 0.29) is 17.9 Å². The van der Waals surface area contributed by atoms with Crippen LogP contribution >= 0.6 is 0 Å². The summed E-state index contributed by atoms with van der Waals surface area (Å²) in [5.74, 6) is 0. The smallest absolute Gasteiger partial charge is 0.240 e. The van der Waals surface area contributed by atoms with E-state index in [1.165, 1.54) is 12.1 Å². The zero-order chi connectivity index (χ0) is 15.3. The fourth-order valence-corrected chi connectivity index (χ4v) is 2.82. The summed E-state index contributed by atoms with van der Waals surface area (Å²) in [4.78, 5) is 4.17. The molecule has 0 unspecified atom stereocenters. The number of rotatable bonds is 5. The van der Waals surface area contributed by atoms with Crippen molar-refractivity contribution in [2.75, 3.05) is 0 Å². The van der Waals surface area contributed by atoms with Crippen LogP contribution in [0.3, 0.4) is 0 Å². The number of aromatic nitrogens is 1. The van der Waals surface area contributed by atoms with E-state index in [2.05, 4.69) is 9.71 Å². The maximum absolute atomic E-state index is 12.2. The molecular formula is C15H15N3O2S. The third kappa shape index (κ3) is 3.88. The summed E-state index contributed by atoms with van der Waals surface area (Å²) < 4.78 is 26.9. The van der Waals surface area contributed by atoms with Gasteiger partial charge in [-0.25, -0.2) is 13.1 Å². The third-order valence-corrected chi connectivity index (χ3v) is 4.53. The van der Waals surface area contributed by atoms with Gasteiger partial charge < -0.3 is 0 Å². The van der Waals surface area contributed by atoms with E-state index in [0.29, 0.717) is 0 Å². The van der Waals surface area contributed by atoms with Crippen molar-refractivity contribution in [3.8, 4) is 6.07 Å². The molecule has 0 saturated carbocycles. The summed E-state index contributed by atoms with van der Waals surface area (Å²) in [5, 5.41) is 8.60. The summed E-state index contributed by atoms with van der Waals surface area (Å²) in [5.41, 5.74) is 2.61. The molecule has 0 radical (unpaired) electrons. The average molecular weight is 301 g/mol. The monoisotopic (exact) mass is 301 g/mol. The van der Waals surface area contributed by atoms with Gasteiger partial charge in [-0.3, -0.25) is 4.98 Å². The number of sulfonamides is 1. The lowest BCUT2D eigenvalue weighted by Gasteiger charge is -2.08. The zero-order valence-electron chi connectivity index (χ0n) is 11.6. The van der Waals surface area contributed by atoms with Crippen LogP contribution in [-0.4, -0.2) is 13.4 Å². The Bertz CT molecular complexity index is 762. The van der Waals surface area contributed by atoms with Crippen LogP contribution in [0, 0.1) is 18.3 Å². The van der Waals surface area contributed by atoms with Crippen LogP contribution in [0.4, 0.5) is 0 Å². The van der Waals surface area contributed by atoms with Crippen molar-refractivity contribution in [3.05, 3.63) is 59.4 Å². The minimum Gasteiger partial charge on any atom is -0.264 e. The van der Waals surface area contributed by atoms with Gasteiger partial charge in [0.25, 0.3) is 0 Å². The molecule has 0 spiro atoms. The zero-order valence-corrected chi connectivity index (χ0v) is 12.4. The molecule has 0 aliphatic carbocycles. The van der Waals surface area contributed by atoms with Crippen LogP contribution in [0.1, 0.15) is 16.7 Å². The summed E-state index contributed by atoms with van der Waals surface area (Å²) in [6.45, 7) is 2.10. The minimum atomic E-state index is -3.57. The Labute approximate surface area is 124 Å². The van der Waals surface area contributed by atoms with Crippen molar-refractivity contribution < 1.29 is 8.42 Å². The predicted molar refractivity (Wildman–Crippen MR) is 78.8 cm³/mol. The van der Waals surface area contributed by atoms with Gasteiger partial charge in [0.15, 0.2) is 0 Å². The molecule has 21 heavy (non-hydrogen) atoms. The van der Waals surface area contributed by atoms with E-state index in [0.717, 1.165) is 16.7 Å². The van der Waals surface area contributed by atoms with Crippen LogP contribution in [0.25, 0.3) is 0 Å². The predicted octanol–water partition coefficient (Wildman–Crippen LogP) is 1.93. The van der Waals surface area contributed by atoms with Crippen LogP contribution in [-0.2, 0) is 23.0 Å². The van der Waals surface area contributed by atoms with E-state index >= 15 is 0 Å². The lowest BCUT2D eigenvalue weighted by atomic mass is 10.2. The van der Waals surface area contributed by atoms with E-state index < -0.39 is 10.0 Å². The minimum absolute atomic E-state index is 0.186. The maximum atomic E-state index is 12.2. The van der Waals surface area contributed by atoms with Crippen molar-refractivity contribution in [2.45, 2.75) is 24.8 Å². The summed E-state index contributed by atoms with van der Waals surface area (Å²) in [6.07, 6.45) is 3.58. The number of hydrogen-bond acceptors (Lipinski definition) is 4. The third-order valence-electron chi connectivity index (χ3n) is 3.12. The maximum Gasteiger partial charge on any atom is 0.240 e. The van der Waals surface area contributed by atoms with Crippen molar-refractivity contribution >= 4 is 10.0 Å². The molecule has 0 saturated heterocycles. The largest absolute Gasteiger partial charge is 0.264 e. The second-order valence-electron chi connectivity index (χ2n) is 4.61. The Morgan fingerprint density at radius 1 is 1.24 bits per heavy atom. The molecule has 0 bridgehead atoms. The number of benzene rings is 1. The van der Waals surface area contributed by atoms with E-state index in [1.807, 2.05) is 19.1 Å². The highest BCUT2D eigenvalue weighted by Crippen LogP contribution is 2.12. The normalized spacial score (nSPS) is 11.0. The van der Waals surface area contributed by atoms with E-state index in [1.54, 1.807) is 24.5 Å². The molecule has 0 aliphatic heterocycles. The van der Waals surface area contributed by atoms with Crippen LogP contribution in [0.15, 0.2) is 47.6 Å². The van der Waals surface area contributed by atoms with Crippen LogP contribution in [0.5, 0.6) is 0 Å². The van der Waals surface area contributed by atoms with Gasteiger partial charge >= 0.3 is 0 Å². The molecule has 1 N–H and O–H groups in total. The Morgan fingerprint density at radius 3 is 2.57 bits per heavy atom. The molecule has 1 heterocycles. The molecule has 0 fully saturated rings. The number of hydrogen-bond donors (Lipinski definition) is 1. The van der Waals surface area contributed by atoms with Gasteiger partial charge in [0, 0.05) is 18.9 Å². The number of pyridine rings is 1. The van der Waals surface area contributed by atoms with Gasteiger partial charge in [0.1, 0.15) is 0 Å². The van der Waals surface area contributed by atoms with Crippen molar-refractivity contribution in [2.24, 2.45) is 0 Å². The Morgan fingerprint density at radius 2 is 1.95 bits per heavy atom. The average Bonchev–Trinajstić information content (AvgIpc) is 2.47. The molecule has 108 valence electrons. The second-order valence-corrected chi connectivity index (χ2v) is 6.37. The van der Waals surface area contributed by atoms with Gasteiger partial charge in [-0.15, -0.1) is 0 Å². The van der Waals surface area contributed by atoms with Gasteiger partial charge in [-0.2, -0.15) is 5.26 Å². The highest BCUT2D eigenvalue weighted by molar-refractivity contribution is 7.89. The first-order valence-corrected chi connectivity index (χ1v) is 7.86. The first kappa shape index (κ1) is 15.2. The van der Waals surface area contributed by atoms with Gasteiger partial charge in [0.2, 0.25) is 10.0 Å². The second kappa shape index (κ2) is 6.48. The molecule has 1 aromatic heterocycles. The topological polar surface area (TPSA) is 82.8 Å². The summed E-state index contributed by atoms with van der Waals surface area (Å²) >= 11 is 0. The highest BCUT2D eigenvalue weighted by atomic mass is 32.2. The lowest BCUT2D eigenvalue weighted by molar-refractivity contribution is 0.581. The number of aryl methyl sites for hydroxylation is 1. The van der Waals surface area contributed by atoms with E-state index in [9.17, 15) is 8.42 Å². The van der Waals surface area contributed by atoms with Gasteiger partial charge in [0.05, 0.1) is 17.4 Å². The van der Waals surface area contributed by atoms with Crippen molar-refractivity contribution in [1.82, 2.24) is 9.71 Å². The fraction of sp³-hybridized carbons (Fsp3) is 0.200. The first-order chi connectivity index (χ1) is 10.0. The first-order valence-electron chi connectivity index (χ1n) is 6.38. The van der Waals surface area contributed by atoms with E-state index in [4.69, 9.17) is 5.26 Å². The standard InChI is InChI=1S/C15H15N3O2S/c1-12-7-9-17-10-14(12)11-18-21(19,20)15-4-2-13(3-5-15)6-8-16/h2-5,7,9-10,18H,6,11H2,1H3. The van der Waals surface area contributed by atoms with Gasteiger partial charge in [-0.1, -0.05) is 12.1 Å². The van der Waals surface area contributed by atoms with Crippen LogP contribution in [0.2, 0.25) is 0 Å². The fourth-order valence-electron chi connectivity index (χ4n) is 1.82. The molecule has 0 aliphatic rings. The molecule has 0 atom stereocenters. The Balaban J connectivity index is 2.12. The van der Waals surface area contributed by atoms with Crippen molar-refractivity contribution in [3.63, 3.8) is 0 Å². The Hall–Kier alpha value is -2.23. The number of nitriles is 1. The summed E-state index contributed by atoms with van der Waals surface area (Å²) in [7, 11) is -3.57. The molecule has 5 nitrogen and oxygen atoms in total. The van der Waals surface area contributed by atoms with Crippen molar-refractivity contribution in [1.29, 1.82) is 5.26 Å². The Kier molecular flexibility index (Phi) is 4.68. The molecule has 6 heteroatoms. The molecular weight excluding hydrogens is 286 g/mol. The SMILES string of the molecule is Cc1ccncc1CNS(=O)(=O)c1ccc(CC#N)cc1. The quantitative estimate of drug-likeness (QED) is 0.914. The molecule has 1 aromatic carbocycles.